The van der Waals surface area contributed by atoms with Crippen molar-refractivity contribution in [3.63, 3.8) is 0 Å². The van der Waals surface area contributed by atoms with E-state index in [1.165, 1.54) is 0 Å². The fourth-order valence-electron chi connectivity index (χ4n) is 0.870. The zero-order valence-electron chi connectivity index (χ0n) is 6.42. The molecule has 1 rings (SSSR count). The van der Waals surface area contributed by atoms with Gasteiger partial charge in [0.15, 0.2) is 5.76 Å². The Hall–Kier alpha value is -1.38. The molecule has 0 fully saturated rings. The van der Waals surface area contributed by atoms with Gasteiger partial charge in [-0.1, -0.05) is 6.58 Å². The van der Waals surface area contributed by atoms with Crippen LogP contribution in [0, 0.1) is 5.41 Å². The van der Waals surface area contributed by atoms with Crippen LogP contribution in [-0.2, 0) is 4.74 Å². The largest absolute Gasteiger partial charge is 0.485 e. The average Bonchev–Trinajstić information content (AvgIpc) is 2.34. The quantitative estimate of drug-likeness (QED) is 0.596. The average molecular weight is 150 g/mol. The van der Waals surface area contributed by atoms with Crippen molar-refractivity contribution in [2.75, 3.05) is 6.61 Å². The second kappa shape index (κ2) is 3.14. The van der Waals surface area contributed by atoms with Crippen LogP contribution in [0.1, 0.15) is 6.92 Å². The molecule has 1 heterocycles. The molecular weight excluding hydrogens is 140 g/mol. The third-order valence-electron chi connectivity index (χ3n) is 1.36. The molecule has 0 aliphatic carbocycles. The monoisotopic (exact) mass is 150 g/mol. The summed E-state index contributed by atoms with van der Waals surface area (Å²) in [5, 5.41) is 6.98. The number of allylic oxidation sites excluding steroid dienone is 1. The smallest absolute Gasteiger partial charge is 0.163 e. The van der Waals surface area contributed by atoms with Crippen LogP contribution in [-0.4, -0.2) is 19.0 Å². The van der Waals surface area contributed by atoms with Gasteiger partial charge in [-0.25, -0.2) is 0 Å². The Kier molecular flexibility index (Phi) is 2.21. The lowest BCUT2D eigenvalue weighted by Crippen LogP contribution is -1.84. The van der Waals surface area contributed by atoms with E-state index < -0.39 is 0 Å². The Labute approximate surface area is 65.6 Å². The molecule has 0 bridgehead atoms. The Morgan fingerprint density at radius 2 is 2.45 bits per heavy atom. The summed E-state index contributed by atoms with van der Waals surface area (Å²) in [5.74, 6) is 0.508. The molecule has 0 spiro atoms. The number of aliphatic imine (C=N–C) groups is 1. The third-order valence-corrected chi connectivity index (χ3v) is 1.36. The number of nitrogens with one attached hydrogen (secondary N) is 1. The summed E-state index contributed by atoms with van der Waals surface area (Å²) in [6, 6.07) is 0. The Morgan fingerprint density at radius 3 is 3.00 bits per heavy atom. The van der Waals surface area contributed by atoms with Gasteiger partial charge >= 0.3 is 0 Å². The summed E-state index contributed by atoms with van der Waals surface area (Å²) < 4.78 is 5.10. The minimum absolute atomic E-state index is 0.456. The summed E-state index contributed by atoms with van der Waals surface area (Å²) in [6.07, 6.45) is 2.82. The molecule has 0 aromatic heterocycles. The van der Waals surface area contributed by atoms with Crippen LogP contribution in [0.4, 0.5) is 0 Å². The van der Waals surface area contributed by atoms with Crippen LogP contribution in [0.3, 0.4) is 0 Å². The molecule has 0 aromatic carbocycles. The molecule has 1 N–H and O–H groups in total. The molecule has 11 heavy (non-hydrogen) atoms. The number of hydrogen-bond donors (Lipinski definition) is 1. The molecule has 0 radical (unpaired) electrons. The van der Waals surface area contributed by atoms with E-state index in [4.69, 9.17) is 10.1 Å². The highest BCUT2D eigenvalue weighted by Crippen LogP contribution is 2.22. The van der Waals surface area contributed by atoms with Gasteiger partial charge in [0.1, 0.15) is 12.3 Å². The molecule has 0 saturated heterocycles. The van der Waals surface area contributed by atoms with Crippen molar-refractivity contribution in [3.8, 4) is 0 Å². The second-order valence-corrected chi connectivity index (χ2v) is 2.14. The van der Waals surface area contributed by atoms with Crippen LogP contribution < -0.4 is 0 Å². The normalized spacial score (nSPS) is 17.7. The van der Waals surface area contributed by atoms with E-state index in [0.717, 1.165) is 11.8 Å². The van der Waals surface area contributed by atoms with Crippen molar-refractivity contribution in [1.82, 2.24) is 0 Å². The van der Waals surface area contributed by atoms with Crippen molar-refractivity contribution in [1.29, 1.82) is 5.41 Å². The van der Waals surface area contributed by atoms with Gasteiger partial charge < -0.3 is 10.1 Å². The molecule has 0 unspecified atom stereocenters. The molecule has 1 aliphatic rings. The third kappa shape index (κ3) is 1.37. The lowest BCUT2D eigenvalue weighted by atomic mass is 10.2. The predicted molar refractivity (Wildman–Crippen MR) is 45.1 cm³/mol. The summed E-state index contributed by atoms with van der Waals surface area (Å²) in [5.41, 5.74) is 1.53. The van der Waals surface area contributed by atoms with Crippen molar-refractivity contribution in [2.24, 2.45) is 4.99 Å². The van der Waals surface area contributed by atoms with E-state index in [1.54, 1.807) is 6.21 Å². The lowest BCUT2D eigenvalue weighted by Gasteiger charge is -1.91. The van der Waals surface area contributed by atoms with Crippen molar-refractivity contribution >= 4 is 12.4 Å². The van der Waals surface area contributed by atoms with Gasteiger partial charge in [-0.15, -0.1) is 0 Å². The van der Waals surface area contributed by atoms with Crippen LogP contribution in [0.25, 0.3) is 0 Å². The van der Waals surface area contributed by atoms with Crippen molar-refractivity contribution < 1.29 is 4.74 Å². The molecule has 0 aromatic rings. The molecule has 0 atom stereocenters. The highest BCUT2D eigenvalue weighted by molar-refractivity contribution is 5.78. The maximum absolute atomic E-state index is 6.98. The van der Waals surface area contributed by atoms with E-state index in [0.29, 0.717) is 18.1 Å². The molecular formula is C8H10N2O. The first-order valence-corrected chi connectivity index (χ1v) is 3.34. The molecule has 3 nitrogen and oxygen atoms in total. The van der Waals surface area contributed by atoms with Crippen molar-refractivity contribution in [3.05, 3.63) is 23.6 Å². The topological polar surface area (TPSA) is 45.4 Å². The van der Waals surface area contributed by atoms with Gasteiger partial charge in [0, 0.05) is 11.8 Å². The van der Waals surface area contributed by atoms with Gasteiger partial charge in [-0.05, 0) is 6.92 Å². The van der Waals surface area contributed by atoms with Crippen molar-refractivity contribution in [2.45, 2.75) is 6.92 Å². The number of rotatable bonds is 2. The fourth-order valence-corrected chi connectivity index (χ4v) is 0.870. The van der Waals surface area contributed by atoms with Gasteiger partial charge in [-0.3, -0.25) is 4.99 Å². The Bertz CT molecular complexity index is 251. The van der Waals surface area contributed by atoms with Crippen LogP contribution in [0.2, 0.25) is 0 Å². The van der Waals surface area contributed by atoms with E-state index >= 15 is 0 Å². The Morgan fingerprint density at radius 1 is 1.73 bits per heavy atom. The summed E-state index contributed by atoms with van der Waals surface area (Å²) >= 11 is 0. The maximum atomic E-state index is 6.98. The van der Waals surface area contributed by atoms with Crippen LogP contribution >= 0.6 is 0 Å². The SMILES string of the molecule is C=C1COC(C=N)=C1N=CC. The van der Waals surface area contributed by atoms with Gasteiger partial charge in [0.25, 0.3) is 0 Å². The fraction of sp³-hybridized carbons (Fsp3) is 0.250. The summed E-state index contributed by atoms with van der Waals surface area (Å²) in [4.78, 5) is 4.04. The zero-order valence-corrected chi connectivity index (χ0v) is 6.42. The minimum atomic E-state index is 0.456. The number of hydrogen-bond acceptors (Lipinski definition) is 3. The zero-order chi connectivity index (χ0) is 8.27. The highest BCUT2D eigenvalue weighted by Gasteiger charge is 2.16. The van der Waals surface area contributed by atoms with E-state index in [9.17, 15) is 0 Å². The van der Waals surface area contributed by atoms with E-state index in [1.807, 2.05) is 6.92 Å². The predicted octanol–water partition coefficient (Wildman–Crippen LogP) is 1.52. The maximum Gasteiger partial charge on any atom is 0.163 e. The molecule has 1 aliphatic heterocycles. The first-order chi connectivity index (χ1) is 5.29. The Balaban J connectivity index is 2.98. The summed E-state index contributed by atoms with van der Waals surface area (Å²) in [6.45, 7) is 6.03. The molecule has 0 amide bonds. The molecule has 0 saturated carbocycles. The molecule has 58 valence electrons. The minimum Gasteiger partial charge on any atom is -0.485 e. The standard InChI is InChI=1S/C8H10N2O/c1-3-10-8-6(2)5-11-7(8)4-9/h3-4,9H,2,5H2,1H3. The number of nitrogens with zero attached hydrogens (tertiary/aromatic N) is 1. The van der Waals surface area contributed by atoms with E-state index in [-0.39, 0.29) is 0 Å². The van der Waals surface area contributed by atoms with Crippen LogP contribution in [0.5, 0.6) is 0 Å². The highest BCUT2D eigenvalue weighted by atomic mass is 16.5. The van der Waals surface area contributed by atoms with Gasteiger partial charge in [0.05, 0.1) is 6.21 Å². The van der Waals surface area contributed by atoms with Crippen LogP contribution in [0.15, 0.2) is 28.6 Å². The van der Waals surface area contributed by atoms with Gasteiger partial charge in [0.2, 0.25) is 0 Å². The summed E-state index contributed by atoms with van der Waals surface area (Å²) in [7, 11) is 0. The van der Waals surface area contributed by atoms with E-state index in [2.05, 4.69) is 11.6 Å². The number of ether oxygens (including phenoxy) is 1. The first-order valence-electron chi connectivity index (χ1n) is 3.34. The molecule has 3 heteroatoms. The van der Waals surface area contributed by atoms with Gasteiger partial charge in [-0.2, -0.15) is 0 Å². The lowest BCUT2D eigenvalue weighted by molar-refractivity contribution is 0.283. The first kappa shape index (κ1) is 7.72. The second-order valence-electron chi connectivity index (χ2n) is 2.14.